The maximum absolute atomic E-state index is 11.5. The fourth-order valence-corrected chi connectivity index (χ4v) is 1.31. The van der Waals surface area contributed by atoms with Crippen LogP contribution >= 0.6 is 11.6 Å². The van der Waals surface area contributed by atoms with Crippen molar-refractivity contribution in [1.29, 1.82) is 0 Å². The summed E-state index contributed by atoms with van der Waals surface area (Å²) in [5.41, 5.74) is 6.55. The third-order valence-corrected chi connectivity index (χ3v) is 2.31. The number of benzene rings is 1. The number of carbonyl (C=O) groups excluding carboxylic acids is 1. The Morgan fingerprint density at radius 2 is 2.07 bits per heavy atom. The van der Waals surface area contributed by atoms with Crippen LogP contribution in [0.25, 0.3) is 0 Å². The predicted molar refractivity (Wildman–Crippen MR) is 61.7 cm³/mol. The van der Waals surface area contributed by atoms with Gasteiger partial charge in [0.25, 0.3) is 0 Å². The molecule has 0 aliphatic carbocycles. The van der Waals surface area contributed by atoms with E-state index in [0.717, 1.165) is 12.0 Å². The van der Waals surface area contributed by atoms with Gasteiger partial charge in [-0.05, 0) is 24.1 Å². The van der Waals surface area contributed by atoms with E-state index in [9.17, 15) is 4.79 Å². The lowest BCUT2D eigenvalue weighted by molar-refractivity contribution is -0.122. The minimum absolute atomic E-state index is 0.154. The Balaban J connectivity index is 2.63. The van der Waals surface area contributed by atoms with Crippen LogP contribution in [0.2, 0.25) is 5.02 Å². The van der Waals surface area contributed by atoms with E-state index in [0.29, 0.717) is 11.6 Å². The lowest BCUT2D eigenvalue weighted by Gasteiger charge is -2.11. The second kappa shape index (κ2) is 5.73. The van der Waals surface area contributed by atoms with E-state index < -0.39 is 6.04 Å². The van der Waals surface area contributed by atoms with Crippen molar-refractivity contribution >= 4 is 17.5 Å². The van der Waals surface area contributed by atoms with Crippen LogP contribution in [0, 0.1) is 0 Å². The zero-order valence-electron chi connectivity index (χ0n) is 8.66. The number of amides is 1. The van der Waals surface area contributed by atoms with Crippen LogP contribution < -0.4 is 11.1 Å². The van der Waals surface area contributed by atoms with Crippen LogP contribution in [0.4, 0.5) is 0 Å². The van der Waals surface area contributed by atoms with E-state index in [1.165, 1.54) is 0 Å². The second-order valence-electron chi connectivity index (χ2n) is 3.32. The van der Waals surface area contributed by atoms with E-state index >= 15 is 0 Å². The fraction of sp³-hybridized carbons (Fsp3) is 0.364. The van der Waals surface area contributed by atoms with Crippen LogP contribution in [0.1, 0.15) is 24.9 Å². The first-order chi connectivity index (χ1) is 7.15. The predicted octanol–water partition coefficient (Wildman–Crippen LogP) is 1.87. The molecule has 1 atom stereocenters. The van der Waals surface area contributed by atoms with Crippen molar-refractivity contribution < 1.29 is 4.79 Å². The molecule has 1 unspecified atom stereocenters. The zero-order chi connectivity index (χ0) is 11.3. The van der Waals surface area contributed by atoms with Crippen molar-refractivity contribution in [1.82, 2.24) is 5.32 Å². The van der Waals surface area contributed by atoms with Crippen LogP contribution in [0.5, 0.6) is 0 Å². The van der Waals surface area contributed by atoms with Gasteiger partial charge in [-0.15, -0.1) is 0 Å². The smallest absolute Gasteiger partial charge is 0.241 e. The Morgan fingerprint density at radius 3 is 2.60 bits per heavy atom. The van der Waals surface area contributed by atoms with E-state index in [4.69, 9.17) is 17.3 Å². The highest BCUT2D eigenvalue weighted by Gasteiger charge is 2.14. The largest absolute Gasteiger partial charge is 0.354 e. The molecule has 0 fully saturated rings. The number of nitrogens with two attached hydrogens (primary N) is 1. The first-order valence-corrected chi connectivity index (χ1v) is 5.31. The molecule has 15 heavy (non-hydrogen) atoms. The van der Waals surface area contributed by atoms with Gasteiger partial charge in [0.15, 0.2) is 0 Å². The molecule has 0 saturated carbocycles. The Kier molecular flexibility index (Phi) is 4.59. The third-order valence-electron chi connectivity index (χ3n) is 2.06. The van der Waals surface area contributed by atoms with Gasteiger partial charge in [-0.1, -0.05) is 30.7 Å². The molecule has 0 aliphatic heterocycles. The lowest BCUT2D eigenvalue weighted by Crippen LogP contribution is -2.34. The van der Waals surface area contributed by atoms with Gasteiger partial charge in [-0.2, -0.15) is 0 Å². The average Bonchev–Trinajstić information content (AvgIpc) is 2.26. The molecule has 1 amide bonds. The standard InChI is InChI=1S/C11H15ClN2O/c1-2-7-14-11(15)10(13)8-3-5-9(12)6-4-8/h3-6,10H,2,7,13H2,1H3,(H,14,15). The van der Waals surface area contributed by atoms with Crippen molar-refractivity contribution in [2.45, 2.75) is 19.4 Å². The molecule has 0 aliphatic rings. The molecule has 0 heterocycles. The summed E-state index contributed by atoms with van der Waals surface area (Å²) in [4.78, 5) is 11.5. The third kappa shape index (κ3) is 3.53. The monoisotopic (exact) mass is 226 g/mol. The number of halogens is 1. The summed E-state index contributed by atoms with van der Waals surface area (Å²) in [6.07, 6.45) is 0.902. The molecule has 3 N–H and O–H groups in total. The molecule has 82 valence electrons. The summed E-state index contributed by atoms with van der Waals surface area (Å²) in [6.45, 7) is 2.65. The first kappa shape index (κ1) is 12.0. The van der Waals surface area contributed by atoms with Crippen molar-refractivity contribution in [3.05, 3.63) is 34.9 Å². The summed E-state index contributed by atoms with van der Waals surface area (Å²) in [5, 5.41) is 3.39. The molecule has 3 nitrogen and oxygen atoms in total. The van der Waals surface area contributed by atoms with Crippen molar-refractivity contribution in [2.75, 3.05) is 6.54 Å². The molecule has 1 aromatic carbocycles. The second-order valence-corrected chi connectivity index (χ2v) is 3.76. The normalized spacial score (nSPS) is 12.2. The van der Waals surface area contributed by atoms with Crippen molar-refractivity contribution in [3.8, 4) is 0 Å². The molecular weight excluding hydrogens is 212 g/mol. The first-order valence-electron chi connectivity index (χ1n) is 4.94. The average molecular weight is 227 g/mol. The Labute approximate surface area is 94.6 Å². The van der Waals surface area contributed by atoms with Crippen LogP contribution in [-0.2, 0) is 4.79 Å². The minimum Gasteiger partial charge on any atom is -0.354 e. The Morgan fingerprint density at radius 1 is 1.47 bits per heavy atom. The Hall–Kier alpha value is -1.06. The Bertz CT molecular complexity index is 324. The van der Waals surface area contributed by atoms with Crippen molar-refractivity contribution in [3.63, 3.8) is 0 Å². The van der Waals surface area contributed by atoms with Gasteiger partial charge < -0.3 is 11.1 Å². The number of rotatable bonds is 4. The van der Waals surface area contributed by atoms with E-state index in [1.807, 2.05) is 6.92 Å². The summed E-state index contributed by atoms with van der Waals surface area (Å²) >= 11 is 5.74. The maximum atomic E-state index is 11.5. The lowest BCUT2D eigenvalue weighted by atomic mass is 10.1. The van der Waals surface area contributed by atoms with Gasteiger partial charge in [-0.25, -0.2) is 0 Å². The molecule has 0 radical (unpaired) electrons. The summed E-state index contributed by atoms with van der Waals surface area (Å²) in [6, 6.07) is 6.36. The summed E-state index contributed by atoms with van der Waals surface area (Å²) in [7, 11) is 0. The molecule has 0 aromatic heterocycles. The highest BCUT2D eigenvalue weighted by Crippen LogP contribution is 2.14. The highest BCUT2D eigenvalue weighted by molar-refractivity contribution is 6.30. The molecule has 0 bridgehead atoms. The molecule has 1 rings (SSSR count). The van der Waals surface area contributed by atoms with Gasteiger partial charge in [0, 0.05) is 11.6 Å². The van der Waals surface area contributed by atoms with Crippen LogP contribution in [0.3, 0.4) is 0 Å². The van der Waals surface area contributed by atoms with Crippen LogP contribution in [0.15, 0.2) is 24.3 Å². The molecule has 0 spiro atoms. The van der Waals surface area contributed by atoms with Crippen molar-refractivity contribution in [2.24, 2.45) is 5.73 Å². The van der Waals surface area contributed by atoms with Crippen LogP contribution in [-0.4, -0.2) is 12.5 Å². The van der Waals surface area contributed by atoms with Gasteiger partial charge in [-0.3, -0.25) is 4.79 Å². The summed E-state index contributed by atoms with van der Waals surface area (Å²) in [5.74, 6) is -0.154. The van der Waals surface area contributed by atoms with Gasteiger partial charge >= 0.3 is 0 Å². The molecule has 1 aromatic rings. The fourth-order valence-electron chi connectivity index (χ4n) is 1.18. The highest BCUT2D eigenvalue weighted by atomic mass is 35.5. The number of hydrogen-bond donors (Lipinski definition) is 2. The quantitative estimate of drug-likeness (QED) is 0.824. The topological polar surface area (TPSA) is 55.1 Å². The SMILES string of the molecule is CCCNC(=O)C(N)c1ccc(Cl)cc1. The number of hydrogen-bond acceptors (Lipinski definition) is 2. The van der Waals surface area contributed by atoms with E-state index in [-0.39, 0.29) is 5.91 Å². The summed E-state index contributed by atoms with van der Waals surface area (Å²) < 4.78 is 0. The van der Waals surface area contributed by atoms with Gasteiger partial charge in [0.2, 0.25) is 5.91 Å². The van der Waals surface area contributed by atoms with Gasteiger partial charge in [0.1, 0.15) is 6.04 Å². The minimum atomic E-state index is -0.617. The van der Waals surface area contributed by atoms with E-state index in [2.05, 4.69) is 5.32 Å². The number of carbonyl (C=O) groups is 1. The maximum Gasteiger partial charge on any atom is 0.241 e. The molecular formula is C11H15ClN2O. The molecule has 4 heteroatoms. The number of nitrogens with one attached hydrogen (secondary N) is 1. The molecule has 0 saturated heterocycles. The van der Waals surface area contributed by atoms with E-state index in [1.54, 1.807) is 24.3 Å². The van der Waals surface area contributed by atoms with Gasteiger partial charge in [0.05, 0.1) is 0 Å². The zero-order valence-corrected chi connectivity index (χ0v) is 9.42.